The minimum atomic E-state index is -1.20. The van der Waals surface area contributed by atoms with Crippen molar-refractivity contribution in [2.45, 2.75) is 91.1 Å². The lowest BCUT2D eigenvalue weighted by molar-refractivity contribution is -0.143. The molecule has 3 amide bonds. The predicted octanol–water partition coefficient (Wildman–Crippen LogP) is 1.11. The van der Waals surface area contributed by atoms with Crippen LogP contribution in [0.3, 0.4) is 0 Å². The van der Waals surface area contributed by atoms with E-state index < -0.39 is 53.7 Å². The van der Waals surface area contributed by atoms with Gasteiger partial charge in [0.1, 0.15) is 23.7 Å². The number of carboxylic acid groups (broad SMARTS) is 1. The van der Waals surface area contributed by atoms with Crippen LogP contribution in [0, 0.1) is 11.8 Å². The summed E-state index contributed by atoms with van der Waals surface area (Å²) < 4.78 is 5.32. The molecule has 0 saturated carbocycles. The van der Waals surface area contributed by atoms with E-state index in [0.717, 1.165) is 4.90 Å². The molecule has 178 valence electrons. The van der Waals surface area contributed by atoms with Crippen molar-refractivity contribution in [3.63, 3.8) is 0 Å². The summed E-state index contributed by atoms with van der Waals surface area (Å²) in [4.78, 5) is 50.8. The number of amides is 3. The number of carbonyl (C=O) groups excluding carboxylic acids is 3. The monoisotopic (exact) mass is 443 g/mol. The zero-order valence-corrected chi connectivity index (χ0v) is 19.5. The molecule has 0 aromatic heterocycles. The number of aliphatic hydroxyl groups excluding tert-OH is 1. The van der Waals surface area contributed by atoms with Gasteiger partial charge in [-0.3, -0.25) is 14.5 Å². The van der Waals surface area contributed by atoms with E-state index >= 15 is 0 Å². The molecule has 1 unspecified atom stereocenters. The maximum absolute atomic E-state index is 12.9. The van der Waals surface area contributed by atoms with E-state index in [0.29, 0.717) is 0 Å². The highest BCUT2D eigenvalue weighted by atomic mass is 16.6. The van der Waals surface area contributed by atoms with Crippen LogP contribution in [0.4, 0.5) is 4.79 Å². The van der Waals surface area contributed by atoms with Crippen molar-refractivity contribution in [1.82, 2.24) is 15.5 Å². The number of hydrogen-bond donors (Lipinski definition) is 4. The Hall–Kier alpha value is -2.36. The topological polar surface area (TPSA) is 145 Å². The van der Waals surface area contributed by atoms with Gasteiger partial charge in [-0.2, -0.15) is 0 Å². The van der Waals surface area contributed by atoms with Gasteiger partial charge >= 0.3 is 12.1 Å². The number of carbonyl (C=O) groups is 4. The van der Waals surface area contributed by atoms with Crippen molar-refractivity contribution in [2.75, 3.05) is 6.54 Å². The van der Waals surface area contributed by atoms with Gasteiger partial charge in [0.05, 0.1) is 6.10 Å². The minimum absolute atomic E-state index is 0.0458. The number of rotatable bonds is 8. The normalized spacial score (nSPS) is 21.0. The van der Waals surface area contributed by atoms with Gasteiger partial charge in [-0.15, -0.1) is 0 Å². The molecule has 31 heavy (non-hydrogen) atoms. The van der Waals surface area contributed by atoms with E-state index in [1.54, 1.807) is 34.6 Å². The average molecular weight is 444 g/mol. The summed E-state index contributed by atoms with van der Waals surface area (Å²) in [5.74, 6) is -2.79. The maximum atomic E-state index is 12.9. The molecule has 0 aliphatic carbocycles. The van der Waals surface area contributed by atoms with E-state index in [-0.39, 0.29) is 31.2 Å². The smallest absolute Gasteiger partial charge is 0.411 e. The molecule has 4 atom stereocenters. The van der Waals surface area contributed by atoms with E-state index in [2.05, 4.69) is 10.6 Å². The molecular formula is C21H37N3O7. The molecule has 0 bridgehead atoms. The number of aliphatic carboxylic acids is 1. The van der Waals surface area contributed by atoms with Crippen LogP contribution in [-0.4, -0.2) is 75.4 Å². The molecule has 4 N–H and O–H groups in total. The first-order valence-electron chi connectivity index (χ1n) is 10.6. The predicted molar refractivity (Wildman–Crippen MR) is 113 cm³/mol. The lowest BCUT2D eigenvalue weighted by Gasteiger charge is -2.31. The molecule has 0 spiro atoms. The van der Waals surface area contributed by atoms with Gasteiger partial charge in [-0.25, -0.2) is 9.59 Å². The average Bonchev–Trinajstić information content (AvgIpc) is 2.98. The van der Waals surface area contributed by atoms with Crippen LogP contribution in [0.15, 0.2) is 0 Å². The molecule has 1 aliphatic rings. The Morgan fingerprint density at radius 1 is 1.10 bits per heavy atom. The van der Waals surface area contributed by atoms with Crippen molar-refractivity contribution in [1.29, 1.82) is 0 Å². The van der Waals surface area contributed by atoms with E-state index in [1.165, 1.54) is 0 Å². The second kappa shape index (κ2) is 10.8. The number of likely N-dealkylation sites (tertiary alicyclic amines) is 1. The van der Waals surface area contributed by atoms with E-state index in [1.807, 2.05) is 13.8 Å². The molecule has 1 aliphatic heterocycles. The standard InChI is InChI=1S/C21H37N3O7/c1-11(2)10-13(19(28)29)22-17(26)15(12(3)4)23-18(27)16-14(25)8-9-24(16)20(30)31-21(5,6)7/h11-16,25H,8-10H2,1-7H3,(H,22,26)(H,23,27)(H,28,29)/t13-,14?,15+,16-/m0/s1. The first-order chi connectivity index (χ1) is 14.1. The molecular weight excluding hydrogens is 406 g/mol. The third-order valence-corrected chi connectivity index (χ3v) is 4.83. The quantitative estimate of drug-likeness (QED) is 0.440. The maximum Gasteiger partial charge on any atom is 0.411 e. The van der Waals surface area contributed by atoms with Crippen molar-refractivity contribution in [3.8, 4) is 0 Å². The Bertz CT molecular complexity index is 672. The molecule has 0 radical (unpaired) electrons. The Morgan fingerprint density at radius 2 is 1.68 bits per heavy atom. The lowest BCUT2D eigenvalue weighted by atomic mass is 10.00. The van der Waals surface area contributed by atoms with Crippen molar-refractivity contribution >= 4 is 23.9 Å². The first-order valence-corrected chi connectivity index (χ1v) is 10.6. The Kier molecular flexibility index (Phi) is 9.28. The summed E-state index contributed by atoms with van der Waals surface area (Å²) in [5.41, 5.74) is -0.770. The van der Waals surface area contributed by atoms with Crippen LogP contribution >= 0.6 is 0 Å². The molecule has 1 fully saturated rings. The van der Waals surface area contributed by atoms with Gasteiger partial charge in [0.15, 0.2) is 0 Å². The van der Waals surface area contributed by atoms with Gasteiger partial charge < -0.3 is 25.6 Å². The number of aliphatic hydroxyl groups is 1. The summed E-state index contributed by atoms with van der Waals surface area (Å²) in [5, 5.41) is 24.7. The lowest BCUT2D eigenvalue weighted by Crippen LogP contribution is -2.58. The van der Waals surface area contributed by atoms with Crippen LogP contribution in [0.1, 0.15) is 61.3 Å². The van der Waals surface area contributed by atoms with Crippen molar-refractivity contribution < 1.29 is 34.1 Å². The molecule has 1 saturated heterocycles. The number of nitrogens with zero attached hydrogens (tertiary/aromatic N) is 1. The highest BCUT2D eigenvalue weighted by Crippen LogP contribution is 2.22. The Balaban J connectivity index is 2.95. The third-order valence-electron chi connectivity index (χ3n) is 4.83. The molecule has 0 aromatic carbocycles. The summed E-state index contributed by atoms with van der Waals surface area (Å²) in [6.07, 6.45) is -1.38. The van der Waals surface area contributed by atoms with Crippen molar-refractivity contribution in [3.05, 3.63) is 0 Å². The number of ether oxygens (including phenoxy) is 1. The van der Waals surface area contributed by atoms with Crippen molar-refractivity contribution in [2.24, 2.45) is 11.8 Å². The number of hydrogen-bond acceptors (Lipinski definition) is 6. The highest BCUT2D eigenvalue weighted by Gasteiger charge is 2.44. The minimum Gasteiger partial charge on any atom is -0.480 e. The second-order valence-corrected chi connectivity index (χ2v) is 9.73. The van der Waals surface area contributed by atoms with Gasteiger partial charge in [0.2, 0.25) is 11.8 Å². The molecule has 10 heteroatoms. The molecule has 10 nitrogen and oxygen atoms in total. The van der Waals surface area contributed by atoms with Gasteiger partial charge in [-0.05, 0) is 45.4 Å². The second-order valence-electron chi connectivity index (χ2n) is 9.73. The fourth-order valence-corrected chi connectivity index (χ4v) is 3.35. The summed E-state index contributed by atoms with van der Waals surface area (Å²) >= 11 is 0. The van der Waals surface area contributed by atoms with E-state index in [4.69, 9.17) is 4.74 Å². The zero-order valence-electron chi connectivity index (χ0n) is 19.5. The van der Waals surface area contributed by atoms with Gasteiger partial charge in [0.25, 0.3) is 0 Å². The fourth-order valence-electron chi connectivity index (χ4n) is 3.35. The molecule has 0 aromatic rings. The third kappa shape index (κ3) is 8.01. The fraction of sp³-hybridized carbons (Fsp3) is 0.810. The zero-order chi connectivity index (χ0) is 24.1. The van der Waals surface area contributed by atoms with Gasteiger partial charge in [0, 0.05) is 6.54 Å². The van der Waals surface area contributed by atoms with Crippen LogP contribution in [0.25, 0.3) is 0 Å². The van der Waals surface area contributed by atoms with Gasteiger partial charge in [-0.1, -0.05) is 27.7 Å². The van der Waals surface area contributed by atoms with Crippen LogP contribution in [0.5, 0.6) is 0 Å². The first kappa shape index (κ1) is 26.7. The largest absolute Gasteiger partial charge is 0.480 e. The summed E-state index contributed by atoms with van der Waals surface area (Å²) in [6.45, 7) is 12.3. The summed E-state index contributed by atoms with van der Waals surface area (Å²) in [6, 6.07) is -3.31. The van der Waals surface area contributed by atoms with Crippen LogP contribution in [0.2, 0.25) is 0 Å². The molecule has 1 rings (SSSR count). The van der Waals surface area contributed by atoms with Crippen LogP contribution < -0.4 is 10.6 Å². The molecule has 1 heterocycles. The summed E-state index contributed by atoms with van der Waals surface area (Å²) in [7, 11) is 0. The Labute approximate surface area is 183 Å². The highest BCUT2D eigenvalue weighted by molar-refractivity contribution is 5.93. The van der Waals surface area contributed by atoms with E-state index in [9.17, 15) is 29.4 Å². The number of carboxylic acids is 1. The SMILES string of the molecule is CC(C)C[C@H](NC(=O)[C@H](NC(=O)[C@@H]1C(O)CCN1C(=O)OC(C)(C)C)C(C)C)C(=O)O. The number of nitrogens with one attached hydrogen (secondary N) is 2. The van der Waals surface area contributed by atoms with Crippen LogP contribution in [-0.2, 0) is 19.1 Å². The Morgan fingerprint density at radius 3 is 2.13 bits per heavy atom.